The summed E-state index contributed by atoms with van der Waals surface area (Å²) in [5.74, 6) is -0.815. The zero-order chi connectivity index (χ0) is 27.6. The van der Waals surface area contributed by atoms with E-state index in [4.69, 9.17) is 4.74 Å². The van der Waals surface area contributed by atoms with E-state index in [2.05, 4.69) is 26.6 Å². The van der Waals surface area contributed by atoms with Crippen LogP contribution in [0, 0.1) is 5.82 Å². The van der Waals surface area contributed by atoms with Crippen molar-refractivity contribution in [3.8, 4) is 0 Å². The zero-order valence-electron chi connectivity index (χ0n) is 20.1. The molecule has 0 spiro atoms. The van der Waals surface area contributed by atoms with Gasteiger partial charge in [0.25, 0.3) is 0 Å². The molecule has 2 aliphatic rings. The fraction of sp³-hybridized carbons (Fsp3) is 0.375. The normalized spacial score (nSPS) is 17.9. The highest BCUT2D eigenvalue weighted by Crippen LogP contribution is 2.36. The van der Waals surface area contributed by atoms with Crippen LogP contribution in [-0.2, 0) is 15.7 Å². The van der Waals surface area contributed by atoms with Gasteiger partial charge < -0.3 is 25.2 Å². The maximum absolute atomic E-state index is 15.0. The van der Waals surface area contributed by atoms with Gasteiger partial charge in [0.2, 0.25) is 5.91 Å². The van der Waals surface area contributed by atoms with Crippen LogP contribution in [0.1, 0.15) is 12.5 Å². The molecule has 0 aliphatic carbocycles. The Morgan fingerprint density at radius 1 is 1.11 bits per heavy atom. The number of nitrogens with zero attached hydrogens (tertiary/aromatic N) is 3. The quantitative estimate of drug-likeness (QED) is 0.495. The van der Waals surface area contributed by atoms with E-state index < -0.39 is 35.8 Å². The average Bonchev–Trinajstić information content (AvgIpc) is 3.23. The number of halogens is 5. The van der Waals surface area contributed by atoms with Gasteiger partial charge in [-0.2, -0.15) is 13.2 Å². The lowest BCUT2D eigenvalue weighted by Crippen LogP contribution is -2.50. The van der Waals surface area contributed by atoms with Crippen molar-refractivity contribution in [2.45, 2.75) is 19.2 Å². The van der Waals surface area contributed by atoms with Gasteiger partial charge >= 0.3 is 18.3 Å². The summed E-state index contributed by atoms with van der Waals surface area (Å²) in [6.45, 7) is 2.70. The predicted molar refractivity (Wildman–Crippen MR) is 135 cm³/mol. The number of alkyl halides is 3. The molecule has 38 heavy (non-hydrogen) atoms. The molecule has 2 aromatic carbocycles. The molecule has 2 aromatic rings. The first-order chi connectivity index (χ1) is 17.9. The van der Waals surface area contributed by atoms with Crippen molar-refractivity contribution < 1.29 is 36.7 Å². The number of hydrogen-bond acceptors (Lipinski definition) is 5. The zero-order valence-corrected chi connectivity index (χ0v) is 21.7. The summed E-state index contributed by atoms with van der Waals surface area (Å²) in [6, 6.07) is 7.23. The second kappa shape index (κ2) is 11.1. The molecule has 2 N–H and O–H groups in total. The summed E-state index contributed by atoms with van der Waals surface area (Å²) < 4.78 is 59.5. The number of carbonyl (C=O) groups is 3. The molecule has 14 heteroatoms. The number of cyclic esters (lactones) is 1. The number of rotatable bonds is 5. The Morgan fingerprint density at radius 3 is 2.45 bits per heavy atom. The first-order valence-electron chi connectivity index (χ1n) is 11.6. The fourth-order valence-electron chi connectivity index (χ4n) is 4.19. The number of benzene rings is 2. The first kappa shape index (κ1) is 27.5. The number of ether oxygens (including phenoxy) is 1. The van der Waals surface area contributed by atoms with Crippen molar-refractivity contribution >= 4 is 51.0 Å². The number of nitrogens with one attached hydrogen (secondary N) is 2. The lowest BCUT2D eigenvalue weighted by Gasteiger charge is -2.36. The summed E-state index contributed by atoms with van der Waals surface area (Å²) in [5.41, 5.74) is -0.287. The third-order valence-corrected chi connectivity index (χ3v) is 6.82. The minimum atomic E-state index is -4.58. The van der Waals surface area contributed by atoms with Gasteiger partial charge in [-0.1, -0.05) is 15.9 Å². The highest BCUT2D eigenvalue weighted by atomic mass is 79.9. The van der Waals surface area contributed by atoms with Crippen LogP contribution in [0.4, 0.5) is 44.2 Å². The van der Waals surface area contributed by atoms with Crippen LogP contribution in [0.3, 0.4) is 0 Å². The largest absolute Gasteiger partial charge is 0.442 e. The van der Waals surface area contributed by atoms with E-state index in [1.165, 1.54) is 41.0 Å². The minimum Gasteiger partial charge on any atom is -0.442 e. The molecule has 204 valence electrons. The summed E-state index contributed by atoms with van der Waals surface area (Å²) in [7, 11) is 0. The number of amides is 4. The molecule has 2 fully saturated rings. The number of urea groups is 1. The number of piperazine rings is 1. The van der Waals surface area contributed by atoms with Crippen molar-refractivity contribution in [1.29, 1.82) is 0 Å². The number of hydrogen-bond donors (Lipinski definition) is 2. The lowest BCUT2D eigenvalue weighted by atomic mass is 10.2. The Kier molecular flexibility index (Phi) is 7.99. The van der Waals surface area contributed by atoms with Gasteiger partial charge in [-0.05, 0) is 36.4 Å². The smallest absolute Gasteiger partial charge is 0.417 e. The van der Waals surface area contributed by atoms with E-state index in [1.54, 1.807) is 11.0 Å². The van der Waals surface area contributed by atoms with Gasteiger partial charge in [-0.25, -0.2) is 14.0 Å². The lowest BCUT2D eigenvalue weighted by molar-refractivity contribution is -0.138. The third-order valence-electron chi connectivity index (χ3n) is 6.13. The van der Waals surface area contributed by atoms with Crippen LogP contribution >= 0.6 is 15.9 Å². The van der Waals surface area contributed by atoms with Crippen molar-refractivity contribution in [3.63, 3.8) is 0 Å². The molecule has 9 nitrogen and oxygen atoms in total. The maximum Gasteiger partial charge on any atom is 0.417 e. The Labute approximate surface area is 223 Å². The highest BCUT2D eigenvalue weighted by Gasteiger charge is 2.34. The van der Waals surface area contributed by atoms with Gasteiger partial charge in [0.1, 0.15) is 11.9 Å². The molecule has 0 aromatic heterocycles. The van der Waals surface area contributed by atoms with Crippen LogP contribution in [-0.4, -0.2) is 68.3 Å². The van der Waals surface area contributed by atoms with Crippen molar-refractivity contribution in [2.24, 2.45) is 0 Å². The molecule has 0 unspecified atom stereocenters. The first-order valence-corrected chi connectivity index (χ1v) is 12.4. The topological polar surface area (TPSA) is 94.2 Å². The average molecular weight is 602 g/mol. The molecular formula is C24H24BrF4N5O4. The standard InChI is InChI=1S/C24H24BrF4N5O4/c1-14(35)30-12-17-13-34(23(37)38-17)16-3-5-21(20(26)11-16)32-6-8-33(9-7-32)22(36)31-15-2-4-19(25)18(10-15)24(27,28)29/h2-5,10-11,17H,6-9,12-13H2,1H3,(H,30,35)(H,31,36)/t17-/m0/s1. The summed E-state index contributed by atoms with van der Waals surface area (Å²) in [4.78, 5) is 40.4. The van der Waals surface area contributed by atoms with E-state index in [1.807, 2.05) is 0 Å². The van der Waals surface area contributed by atoms with Crippen molar-refractivity contribution in [2.75, 3.05) is 54.4 Å². The molecule has 1 atom stereocenters. The molecule has 2 heterocycles. The molecule has 2 aliphatic heterocycles. The Hall–Kier alpha value is -3.55. The van der Waals surface area contributed by atoms with Gasteiger partial charge in [0.15, 0.2) is 0 Å². The monoisotopic (exact) mass is 601 g/mol. The van der Waals surface area contributed by atoms with Crippen molar-refractivity contribution in [3.05, 3.63) is 52.3 Å². The highest BCUT2D eigenvalue weighted by molar-refractivity contribution is 9.10. The summed E-state index contributed by atoms with van der Waals surface area (Å²) in [5, 5.41) is 5.06. The third kappa shape index (κ3) is 6.29. The van der Waals surface area contributed by atoms with Crippen LogP contribution < -0.4 is 20.4 Å². The molecule has 0 saturated carbocycles. The number of anilines is 3. The summed E-state index contributed by atoms with van der Waals surface area (Å²) >= 11 is 2.87. The molecule has 0 radical (unpaired) electrons. The van der Waals surface area contributed by atoms with E-state index in [0.717, 1.165) is 6.07 Å². The molecule has 4 amide bonds. The summed E-state index contributed by atoms with van der Waals surface area (Å²) in [6.07, 6.45) is -5.76. The van der Waals surface area contributed by atoms with Crippen LogP contribution in [0.15, 0.2) is 40.9 Å². The van der Waals surface area contributed by atoms with E-state index in [9.17, 15) is 27.6 Å². The molecular weight excluding hydrogens is 578 g/mol. The number of carbonyl (C=O) groups excluding carboxylic acids is 3. The van der Waals surface area contributed by atoms with E-state index in [-0.39, 0.29) is 42.2 Å². The van der Waals surface area contributed by atoms with Crippen LogP contribution in [0.2, 0.25) is 0 Å². The van der Waals surface area contributed by atoms with E-state index >= 15 is 4.39 Å². The predicted octanol–water partition coefficient (Wildman–Crippen LogP) is 4.42. The Morgan fingerprint density at radius 2 is 1.82 bits per heavy atom. The maximum atomic E-state index is 15.0. The van der Waals surface area contributed by atoms with Gasteiger partial charge in [0, 0.05) is 43.3 Å². The minimum absolute atomic E-state index is 0.00865. The Balaban J connectivity index is 1.34. The molecule has 4 rings (SSSR count). The molecule has 2 saturated heterocycles. The Bertz CT molecular complexity index is 1240. The van der Waals surface area contributed by atoms with Gasteiger partial charge in [-0.15, -0.1) is 0 Å². The fourth-order valence-corrected chi connectivity index (χ4v) is 4.66. The second-order valence-corrected chi connectivity index (χ2v) is 9.64. The van der Waals surface area contributed by atoms with E-state index in [0.29, 0.717) is 24.5 Å². The van der Waals surface area contributed by atoms with Gasteiger partial charge in [-0.3, -0.25) is 9.69 Å². The van der Waals surface area contributed by atoms with Crippen LogP contribution in [0.5, 0.6) is 0 Å². The SMILES string of the molecule is CC(=O)NC[C@H]1CN(c2ccc(N3CCN(C(=O)Nc4ccc(Br)c(C(F)(F)F)c4)CC3)c(F)c2)C(=O)O1. The van der Waals surface area contributed by atoms with Crippen LogP contribution in [0.25, 0.3) is 0 Å². The second-order valence-electron chi connectivity index (χ2n) is 8.79. The van der Waals surface area contributed by atoms with Gasteiger partial charge in [0.05, 0.1) is 30.0 Å². The van der Waals surface area contributed by atoms with Crippen molar-refractivity contribution in [1.82, 2.24) is 10.2 Å². The molecule has 0 bridgehead atoms.